The second-order valence-electron chi connectivity index (χ2n) is 9.15. The first-order chi connectivity index (χ1) is 18.2. The fourth-order valence-corrected chi connectivity index (χ4v) is 5.96. The number of hydrogen-bond donors (Lipinski definition) is 0. The smallest absolute Gasteiger partial charge is 0.203 e. The highest BCUT2D eigenvalue weighted by Gasteiger charge is 2.33. The van der Waals surface area contributed by atoms with Gasteiger partial charge in [0.15, 0.2) is 38.6 Å². The fraction of sp³-hybridized carbons (Fsp3) is 0.536. The molecule has 0 amide bonds. The lowest BCUT2D eigenvalue weighted by molar-refractivity contribution is -0.118. The highest BCUT2D eigenvalue weighted by Crippen LogP contribution is 2.48. The van der Waals surface area contributed by atoms with E-state index in [4.69, 9.17) is 28.4 Å². The summed E-state index contributed by atoms with van der Waals surface area (Å²) in [7, 11) is 0.995. The lowest BCUT2D eigenvalue weighted by Gasteiger charge is -2.21. The fourth-order valence-electron chi connectivity index (χ4n) is 4.44. The summed E-state index contributed by atoms with van der Waals surface area (Å²) in [5.74, 6) is 1.69. The maximum Gasteiger partial charge on any atom is 0.203 e. The molecule has 9 nitrogen and oxygen atoms in total. The molecule has 210 valence electrons. The third-order valence-electron chi connectivity index (χ3n) is 6.18. The largest absolute Gasteiger partial charge is 0.493 e. The van der Waals surface area contributed by atoms with Crippen LogP contribution in [0, 0.1) is 0 Å². The summed E-state index contributed by atoms with van der Waals surface area (Å²) in [6.45, 7) is 5.27. The van der Waals surface area contributed by atoms with Gasteiger partial charge in [0, 0.05) is 0 Å². The maximum absolute atomic E-state index is 13.3. The van der Waals surface area contributed by atoms with Gasteiger partial charge in [0.25, 0.3) is 0 Å². The quantitative estimate of drug-likeness (QED) is 0.312. The Labute approximate surface area is 225 Å². The number of rotatable bonds is 14. The molecule has 10 heteroatoms. The Hall–Kier alpha value is -2.98. The first-order valence-electron chi connectivity index (χ1n) is 12.8. The van der Waals surface area contributed by atoms with Crippen LogP contribution in [-0.4, -0.2) is 54.5 Å². The monoisotopic (exact) mass is 550 g/mol. The van der Waals surface area contributed by atoms with Gasteiger partial charge in [0.2, 0.25) is 5.75 Å². The second kappa shape index (κ2) is 13.2. The average Bonchev–Trinajstić information content (AvgIpc) is 3.40. The summed E-state index contributed by atoms with van der Waals surface area (Å²) in [6.07, 6.45) is 1.81. The minimum atomic E-state index is -3.67. The van der Waals surface area contributed by atoms with E-state index in [-0.39, 0.29) is 40.6 Å². The molecule has 0 radical (unpaired) electrons. The minimum Gasteiger partial charge on any atom is -0.493 e. The molecule has 0 N–H and O–H groups in total. The number of methoxy groups -OCH3 is 3. The van der Waals surface area contributed by atoms with E-state index in [1.807, 2.05) is 26.0 Å². The molecule has 0 saturated carbocycles. The molecule has 1 heterocycles. The van der Waals surface area contributed by atoms with Gasteiger partial charge < -0.3 is 28.4 Å². The Morgan fingerprint density at radius 1 is 0.842 bits per heavy atom. The zero-order valence-electron chi connectivity index (χ0n) is 23.0. The third kappa shape index (κ3) is 6.71. The predicted octanol–water partition coefficient (Wildman–Crippen LogP) is 5.25. The number of carbonyl (C=O) groups excluding carboxylic acids is 1. The molecule has 1 saturated heterocycles. The van der Waals surface area contributed by atoms with Crippen LogP contribution in [0.25, 0.3) is 0 Å². The number of carbonyl (C=O) groups is 1. The van der Waals surface area contributed by atoms with Crippen molar-refractivity contribution in [1.29, 1.82) is 0 Å². The van der Waals surface area contributed by atoms with Gasteiger partial charge >= 0.3 is 0 Å². The van der Waals surface area contributed by atoms with E-state index in [2.05, 4.69) is 0 Å². The van der Waals surface area contributed by atoms with E-state index in [1.165, 1.54) is 6.92 Å². The van der Waals surface area contributed by atoms with Crippen molar-refractivity contribution in [2.45, 2.75) is 63.6 Å². The summed E-state index contributed by atoms with van der Waals surface area (Å²) >= 11 is 0. The normalized spacial score (nSPS) is 17.2. The van der Waals surface area contributed by atoms with Gasteiger partial charge in [0.1, 0.15) is 11.5 Å². The molecular weight excluding hydrogens is 512 g/mol. The van der Waals surface area contributed by atoms with Crippen LogP contribution in [0.2, 0.25) is 0 Å². The summed E-state index contributed by atoms with van der Waals surface area (Å²) in [4.78, 5) is 11.7. The molecular formula is C28H38O9S. The Morgan fingerprint density at radius 3 is 1.92 bits per heavy atom. The van der Waals surface area contributed by atoms with Gasteiger partial charge in [-0.25, -0.2) is 8.42 Å². The van der Waals surface area contributed by atoms with E-state index < -0.39 is 15.9 Å². The summed E-state index contributed by atoms with van der Waals surface area (Å²) in [5, 5.41) is 0. The Morgan fingerprint density at radius 2 is 1.42 bits per heavy atom. The van der Waals surface area contributed by atoms with Crippen molar-refractivity contribution >= 4 is 15.6 Å². The van der Waals surface area contributed by atoms with Crippen molar-refractivity contribution in [2.75, 3.05) is 40.3 Å². The highest BCUT2D eigenvalue weighted by atomic mass is 32.2. The molecule has 0 aromatic heterocycles. The second-order valence-corrected chi connectivity index (χ2v) is 11.2. The number of sulfone groups is 1. The van der Waals surface area contributed by atoms with Crippen LogP contribution in [-0.2, 0) is 19.4 Å². The molecule has 1 aliphatic heterocycles. The van der Waals surface area contributed by atoms with Crippen LogP contribution in [0.4, 0.5) is 0 Å². The van der Waals surface area contributed by atoms with Crippen molar-refractivity contribution in [3.8, 4) is 28.7 Å². The Bertz CT molecular complexity index is 1200. The molecule has 1 aliphatic rings. The molecule has 1 fully saturated rings. The van der Waals surface area contributed by atoms with E-state index in [1.54, 1.807) is 33.5 Å². The summed E-state index contributed by atoms with van der Waals surface area (Å²) in [5.41, 5.74) is 1.51. The zero-order valence-corrected chi connectivity index (χ0v) is 23.8. The third-order valence-corrected chi connectivity index (χ3v) is 8.10. The first-order valence-corrected chi connectivity index (χ1v) is 14.4. The van der Waals surface area contributed by atoms with Crippen molar-refractivity contribution in [3.05, 3.63) is 35.4 Å². The van der Waals surface area contributed by atoms with E-state index in [9.17, 15) is 13.2 Å². The number of hydrogen-bond acceptors (Lipinski definition) is 9. The van der Waals surface area contributed by atoms with Crippen LogP contribution in [0.15, 0.2) is 29.2 Å². The van der Waals surface area contributed by atoms with Gasteiger partial charge in [-0.3, -0.25) is 4.79 Å². The number of benzene rings is 2. The summed E-state index contributed by atoms with van der Waals surface area (Å²) < 4.78 is 61.0. The lowest BCUT2D eigenvalue weighted by Crippen LogP contribution is -2.14. The average molecular weight is 551 g/mol. The van der Waals surface area contributed by atoms with E-state index in [0.29, 0.717) is 55.1 Å². The van der Waals surface area contributed by atoms with Crippen molar-refractivity contribution in [1.82, 2.24) is 0 Å². The highest BCUT2D eigenvalue weighted by molar-refractivity contribution is 7.91. The first kappa shape index (κ1) is 29.6. The minimum absolute atomic E-state index is 0.0370. The molecule has 2 unspecified atom stereocenters. The molecule has 2 aromatic carbocycles. The molecule has 38 heavy (non-hydrogen) atoms. The van der Waals surface area contributed by atoms with Crippen molar-refractivity contribution in [3.63, 3.8) is 0 Å². The number of Topliss-reactive ketones (excluding diaryl/α,β-unsaturated/α-hetero) is 1. The molecule has 2 aromatic rings. The maximum atomic E-state index is 13.3. The summed E-state index contributed by atoms with van der Waals surface area (Å²) in [6, 6.07) is 7.06. The molecule has 2 atom stereocenters. The zero-order chi connectivity index (χ0) is 27.9. The van der Waals surface area contributed by atoms with Crippen LogP contribution in [0.5, 0.6) is 28.7 Å². The molecule has 0 spiro atoms. The van der Waals surface area contributed by atoms with Crippen LogP contribution in [0.3, 0.4) is 0 Å². The van der Waals surface area contributed by atoms with Crippen LogP contribution < -0.4 is 23.7 Å². The molecule has 0 aliphatic carbocycles. The van der Waals surface area contributed by atoms with Gasteiger partial charge in [-0.1, -0.05) is 13.8 Å². The lowest BCUT2D eigenvalue weighted by atomic mass is 10.0. The van der Waals surface area contributed by atoms with Gasteiger partial charge in [-0.05, 0) is 68.0 Å². The van der Waals surface area contributed by atoms with Crippen molar-refractivity contribution < 1.29 is 41.6 Å². The van der Waals surface area contributed by atoms with Crippen LogP contribution >= 0.6 is 0 Å². The van der Waals surface area contributed by atoms with Gasteiger partial charge in [-0.15, -0.1) is 0 Å². The van der Waals surface area contributed by atoms with Gasteiger partial charge in [0.05, 0.1) is 45.9 Å². The van der Waals surface area contributed by atoms with Crippen LogP contribution in [0.1, 0.15) is 69.8 Å². The Kier molecular flexibility index (Phi) is 10.3. The van der Waals surface area contributed by atoms with Gasteiger partial charge in [-0.2, -0.15) is 0 Å². The topological polar surface area (TPSA) is 107 Å². The Balaban J connectivity index is 2.03. The number of ketones is 1. The molecule has 3 rings (SSSR count). The molecule has 0 bridgehead atoms. The van der Waals surface area contributed by atoms with E-state index >= 15 is 0 Å². The van der Waals surface area contributed by atoms with Crippen molar-refractivity contribution in [2.24, 2.45) is 0 Å². The standard InChI is InChI=1S/C28H38O9S/c1-7-11-35-28-25(36-17-18(3)29)15-20(16-26(28)38(30,31)12-8-2)22-10-9-21(37-22)19-13-23(32-4)27(34-6)24(14-19)33-5/h13-16,21-22H,7-12,17H2,1-6H3. The predicted molar refractivity (Wildman–Crippen MR) is 143 cm³/mol. The SMILES string of the molecule is CCCOc1c(OCC(C)=O)cc(C2CCC(c3cc(OC)c(OC)c(OC)c3)O2)cc1S(=O)(=O)CCC. The number of ether oxygens (including phenoxy) is 6. The van der Waals surface area contributed by atoms with E-state index in [0.717, 1.165) is 5.56 Å².